The summed E-state index contributed by atoms with van der Waals surface area (Å²) >= 11 is 0. The van der Waals surface area contributed by atoms with Crippen molar-refractivity contribution in [3.05, 3.63) is 24.3 Å². The number of fused-ring (bicyclic) bond motifs is 1. The lowest BCUT2D eigenvalue weighted by molar-refractivity contribution is -0.136. The molecule has 5 heteroatoms. The summed E-state index contributed by atoms with van der Waals surface area (Å²) in [5.41, 5.74) is 1.75. The molecule has 0 saturated heterocycles. The van der Waals surface area contributed by atoms with Crippen LogP contribution in [0.15, 0.2) is 24.3 Å². The van der Waals surface area contributed by atoms with Gasteiger partial charge in [0.1, 0.15) is 12.1 Å². The quantitative estimate of drug-likeness (QED) is 0.868. The van der Waals surface area contributed by atoms with Crippen LogP contribution in [0, 0.1) is 0 Å². The molecular weight excluding hydrogens is 264 g/mol. The Hall–Kier alpha value is -1.91. The maximum absolute atomic E-state index is 12.7. The molecule has 5 nitrogen and oxygen atoms in total. The summed E-state index contributed by atoms with van der Waals surface area (Å²) in [5, 5.41) is 8.24. The van der Waals surface area contributed by atoms with Gasteiger partial charge in [-0.15, -0.1) is 5.10 Å². The lowest BCUT2D eigenvalue weighted by Crippen LogP contribution is -2.45. The minimum absolute atomic E-state index is 0.146. The summed E-state index contributed by atoms with van der Waals surface area (Å²) in [6.07, 6.45) is 4.71. The second-order valence-corrected chi connectivity index (χ2v) is 6.07. The van der Waals surface area contributed by atoms with E-state index in [0.717, 1.165) is 23.9 Å². The molecule has 1 heterocycles. The van der Waals surface area contributed by atoms with Gasteiger partial charge in [-0.2, -0.15) is 0 Å². The van der Waals surface area contributed by atoms with Crippen molar-refractivity contribution < 1.29 is 4.79 Å². The molecule has 1 aliphatic carbocycles. The number of carbonyl (C=O) groups is 1. The number of hydrogen-bond donors (Lipinski definition) is 0. The maximum atomic E-state index is 12.7. The van der Waals surface area contributed by atoms with Crippen molar-refractivity contribution in [3.8, 4) is 0 Å². The van der Waals surface area contributed by atoms with Crippen molar-refractivity contribution in [1.29, 1.82) is 0 Å². The molecule has 21 heavy (non-hydrogen) atoms. The van der Waals surface area contributed by atoms with E-state index in [-0.39, 0.29) is 18.5 Å². The monoisotopic (exact) mass is 286 g/mol. The Morgan fingerprint density at radius 2 is 2.05 bits per heavy atom. The first-order chi connectivity index (χ1) is 10.2. The fraction of sp³-hybridized carbons (Fsp3) is 0.562. The number of nitrogens with zero attached hydrogens (tertiary/aromatic N) is 4. The molecular formula is C16H22N4O. The number of hydrogen-bond acceptors (Lipinski definition) is 3. The highest BCUT2D eigenvalue weighted by Crippen LogP contribution is 2.25. The Labute approximate surface area is 124 Å². The van der Waals surface area contributed by atoms with Crippen LogP contribution >= 0.6 is 0 Å². The van der Waals surface area contributed by atoms with Crippen molar-refractivity contribution in [2.75, 3.05) is 0 Å². The van der Waals surface area contributed by atoms with Crippen molar-refractivity contribution >= 4 is 16.9 Å². The van der Waals surface area contributed by atoms with E-state index >= 15 is 0 Å². The van der Waals surface area contributed by atoms with Crippen LogP contribution in [0.5, 0.6) is 0 Å². The summed E-state index contributed by atoms with van der Waals surface area (Å²) in [6.45, 7) is 4.46. The van der Waals surface area contributed by atoms with Gasteiger partial charge in [0.05, 0.1) is 5.52 Å². The number of amides is 1. The molecule has 0 unspecified atom stereocenters. The molecule has 1 aromatic carbocycles. The number of carbonyl (C=O) groups excluding carboxylic acids is 1. The van der Waals surface area contributed by atoms with Crippen LogP contribution in [0.4, 0.5) is 0 Å². The SMILES string of the molecule is CC(C)N(C(=O)Cn1nnc2ccccc21)C1CCCC1. The van der Waals surface area contributed by atoms with E-state index in [9.17, 15) is 4.79 Å². The van der Waals surface area contributed by atoms with E-state index in [1.54, 1.807) is 4.68 Å². The molecule has 0 N–H and O–H groups in total. The molecule has 0 aliphatic heterocycles. The van der Waals surface area contributed by atoms with Gasteiger partial charge >= 0.3 is 0 Å². The van der Waals surface area contributed by atoms with Gasteiger partial charge in [0.25, 0.3) is 0 Å². The van der Waals surface area contributed by atoms with Crippen molar-refractivity contribution in [3.63, 3.8) is 0 Å². The van der Waals surface area contributed by atoms with Gasteiger partial charge in [0.15, 0.2) is 0 Å². The first-order valence-corrected chi connectivity index (χ1v) is 7.76. The van der Waals surface area contributed by atoms with E-state index in [1.165, 1.54) is 12.8 Å². The zero-order valence-electron chi connectivity index (χ0n) is 12.7. The molecule has 1 aromatic heterocycles. The molecule has 1 fully saturated rings. The van der Waals surface area contributed by atoms with Crippen molar-refractivity contribution in [1.82, 2.24) is 19.9 Å². The van der Waals surface area contributed by atoms with Gasteiger partial charge in [0.2, 0.25) is 5.91 Å². The zero-order chi connectivity index (χ0) is 14.8. The third-order valence-electron chi connectivity index (χ3n) is 4.27. The minimum atomic E-state index is 0.146. The van der Waals surface area contributed by atoms with Gasteiger partial charge in [-0.1, -0.05) is 30.2 Å². The average molecular weight is 286 g/mol. The molecule has 112 valence electrons. The van der Waals surface area contributed by atoms with Gasteiger partial charge in [-0.05, 0) is 38.8 Å². The predicted octanol–water partition coefficient (Wildman–Crippen LogP) is 2.61. The van der Waals surface area contributed by atoms with Crippen LogP contribution in [0.2, 0.25) is 0 Å². The summed E-state index contributed by atoms with van der Waals surface area (Å²) in [5.74, 6) is 0.146. The topological polar surface area (TPSA) is 51.0 Å². The Balaban J connectivity index is 1.80. The van der Waals surface area contributed by atoms with Crippen LogP contribution in [0.25, 0.3) is 11.0 Å². The first kappa shape index (κ1) is 14.0. The summed E-state index contributed by atoms with van der Waals surface area (Å²) in [7, 11) is 0. The first-order valence-electron chi connectivity index (χ1n) is 7.76. The lowest BCUT2D eigenvalue weighted by Gasteiger charge is -2.32. The molecule has 1 aliphatic rings. The Kier molecular flexibility index (Phi) is 3.90. The molecule has 0 spiro atoms. The van der Waals surface area contributed by atoms with Crippen molar-refractivity contribution in [2.24, 2.45) is 0 Å². The zero-order valence-corrected chi connectivity index (χ0v) is 12.7. The van der Waals surface area contributed by atoms with Crippen LogP contribution in [-0.2, 0) is 11.3 Å². The average Bonchev–Trinajstić information content (AvgIpc) is 3.09. The number of para-hydroxylation sites is 1. The highest BCUT2D eigenvalue weighted by Gasteiger charge is 2.29. The Morgan fingerprint density at radius 1 is 1.33 bits per heavy atom. The molecule has 1 saturated carbocycles. The standard InChI is InChI=1S/C16H22N4O/c1-12(2)20(13-7-3-4-8-13)16(21)11-19-15-10-6-5-9-14(15)17-18-19/h5-6,9-10,12-13H,3-4,7-8,11H2,1-2H3. The van der Waals surface area contributed by atoms with E-state index in [1.807, 2.05) is 29.2 Å². The molecule has 0 bridgehead atoms. The minimum Gasteiger partial charge on any atom is -0.336 e. The van der Waals surface area contributed by atoms with E-state index in [2.05, 4.69) is 24.2 Å². The normalized spacial score (nSPS) is 16.0. The summed E-state index contributed by atoms with van der Waals surface area (Å²) in [6, 6.07) is 8.38. The van der Waals surface area contributed by atoms with Gasteiger partial charge < -0.3 is 4.90 Å². The Bertz CT molecular complexity index is 628. The second kappa shape index (κ2) is 5.84. The number of benzene rings is 1. The van der Waals surface area contributed by atoms with Crippen LogP contribution in [0.3, 0.4) is 0 Å². The molecule has 2 aromatic rings. The molecule has 3 rings (SSSR count). The fourth-order valence-electron chi connectivity index (χ4n) is 3.34. The van der Waals surface area contributed by atoms with E-state index in [4.69, 9.17) is 0 Å². The summed E-state index contributed by atoms with van der Waals surface area (Å²) in [4.78, 5) is 14.8. The molecule has 0 radical (unpaired) electrons. The lowest BCUT2D eigenvalue weighted by atomic mass is 10.1. The largest absolute Gasteiger partial charge is 0.336 e. The highest BCUT2D eigenvalue weighted by molar-refractivity contribution is 5.80. The highest BCUT2D eigenvalue weighted by atomic mass is 16.2. The third kappa shape index (κ3) is 2.77. The molecule has 1 amide bonds. The fourth-order valence-corrected chi connectivity index (χ4v) is 3.34. The predicted molar refractivity (Wildman–Crippen MR) is 81.8 cm³/mol. The Morgan fingerprint density at radius 3 is 2.76 bits per heavy atom. The van der Waals surface area contributed by atoms with E-state index in [0.29, 0.717) is 6.04 Å². The number of rotatable bonds is 4. The number of aromatic nitrogens is 3. The maximum Gasteiger partial charge on any atom is 0.244 e. The van der Waals surface area contributed by atoms with Crippen LogP contribution in [-0.4, -0.2) is 37.9 Å². The smallest absolute Gasteiger partial charge is 0.244 e. The van der Waals surface area contributed by atoms with Crippen LogP contribution < -0.4 is 0 Å². The van der Waals surface area contributed by atoms with Gasteiger partial charge in [0, 0.05) is 12.1 Å². The van der Waals surface area contributed by atoms with Gasteiger partial charge in [-0.25, -0.2) is 4.68 Å². The summed E-state index contributed by atoms with van der Waals surface area (Å²) < 4.78 is 1.71. The third-order valence-corrected chi connectivity index (χ3v) is 4.27. The van der Waals surface area contributed by atoms with Crippen molar-refractivity contribution in [2.45, 2.75) is 58.2 Å². The van der Waals surface area contributed by atoms with Crippen LogP contribution in [0.1, 0.15) is 39.5 Å². The second-order valence-electron chi connectivity index (χ2n) is 6.07. The van der Waals surface area contributed by atoms with E-state index < -0.39 is 0 Å². The van der Waals surface area contributed by atoms with Gasteiger partial charge in [-0.3, -0.25) is 4.79 Å². The molecule has 0 atom stereocenters.